The molecular formula is C10H17N5O. The van der Waals surface area contributed by atoms with E-state index < -0.39 is 0 Å². The molecule has 1 aliphatic rings. The number of amides is 1. The Morgan fingerprint density at radius 2 is 2.62 bits per heavy atom. The molecular weight excluding hydrogens is 206 g/mol. The van der Waals surface area contributed by atoms with Gasteiger partial charge in [0.2, 0.25) is 5.91 Å². The largest absolute Gasteiger partial charge is 0.349 e. The summed E-state index contributed by atoms with van der Waals surface area (Å²) in [5.41, 5.74) is 0. The molecule has 16 heavy (non-hydrogen) atoms. The van der Waals surface area contributed by atoms with E-state index in [-0.39, 0.29) is 5.91 Å². The lowest BCUT2D eigenvalue weighted by atomic mass is 10.0. The van der Waals surface area contributed by atoms with Gasteiger partial charge in [-0.25, -0.2) is 4.98 Å². The summed E-state index contributed by atoms with van der Waals surface area (Å²) < 4.78 is 1.63. The van der Waals surface area contributed by atoms with E-state index in [4.69, 9.17) is 0 Å². The van der Waals surface area contributed by atoms with E-state index in [1.165, 1.54) is 0 Å². The summed E-state index contributed by atoms with van der Waals surface area (Å²) in [6.07, 6.45) is 3.32. The third-order valence-corrected chi connectivity index (χ3v) is 2.73. The van der Waals surface area contributed by atoms with E-state index in [1.54, 1.807) is 11.0 Å². The smallest absolute Gasteiger partial charge is 0.220 e. The highest BCUT2D eigenvalue weighted by Gasteiger charge is 2.17. The van der Waals surface area contributed by atoms with Crippen molar-refractivity contribution in [3.8, 4) is 0 Å². The first kappa shape index (κ1) is 11.1. The van der Waals surface area contributed by atoms with Crippen LogP contribution < -0.4 is 10.6 Å². The topological polar surface area (TPSA) is 71.8 Å². The zero-order valence-corrected chi connectivity index (χ0v) is 9.44. The number of hydrogen-bond donors (Lipinski definition) is 2. The molecule has 1 saturated heterocycles. The number of carbonyl (C=O) groups excluding carboxylic acids is 1. The first-order valence-electron chi connectivity index (χ1n) is 5.56. The zero-order chi connectivity index (χ0) is 11.4. The van der Waals surface area contributed by atoms with Gasteiger partial charge >= 0.3 is 0 Å². The molecule has 1 fully saturated rings. The third-order valence-electron chi connectivity index (χ3n) is 2.73. The minimum atomic E-state index is 0.0844. The molecule has 1 aromatic rings. The summed E-state index contributed by atoms with van der Waals surface area (Å²) in [7, 11) is 1.81. The van der Waals surface area contributed by atoms with Gasteiger partial charge in [0.05, 0.1) is 6.54 Å². The van der Waals surface area contributed by atoms with Gasteiger partial charge in [-0.3, -0.25) is 9.48 Å². The Labute approximate surface area is 94.4 Å². The molecule has 0 radical (unpaired) electrons. The molecule has 0 aliphatic carbocycles. The minimum Gasteiger partial charge on any atom is -0.349 e. The maximum absolute atomic E-state index is 11.6. The summed E-state index contributed by atoms with van der Waals surface area (Å²) >= 11 is 0. The standard InChI is InChI=1S/C10H17N5O/c1-15-7-13-9(14-15)6-12-10(16)4-8-2-3-11-5-8/h7-8,11H,2-6H2,1H3,(H,12,16). The fourth-order valence-corrected chi connectivity index (χ4v) is 1.87. The van der Waals surface area contributed by atoms with Crippen LogP contribution in [0.25, 0.3) is 0 Å². The quantitative estimate of drug-likeness (QED) is 0.717. The number of aromatic nitrogens is 3. The van der Waals surface area contributed by atoms with Crippen molar-refractivity contribution in [2.75, 3.05) is 13.1 Å². The van der Waals surface area contributed by atoms with E-state index in [0.717, 1.165) is 19.5 Å². The Bertz CT molecular complexity index is 356. The lowest BCUT2D eigenvalue weighted by molar-refractivity contribution is -0.122. The van der Waals surface area contributed by atoms with E-state index in [9.17, 15) is 4.79 Å². The van der Waals surface area contributed by atoms with Crippen molar-refractivity contribution in [1.82, 2.24) is 25.4 Å². The maximum atomic E-state index is 11.6. The third kappa shape index (κ3) is 3.03. The molecule has 6 nitrogen and oxygen atoms in total. The number of hydrogen-bond acceptors (Lipinski definition) is 4. The molecule has 2 N–H and O–H groups in total. The van der Waals surface area contributed by atoms with Crippen LogP contribution in [0.4, 0.5) is 0 Å². The highest BCUT2D eigenvalue weighted by atomic mass is 16.1. The fourth-order valence-electron chi connectivity index (χ4n) is 1.87. The van der Waals surface area contributed by atoms with Crippen molar-refractivity contribution in [1.29, 1.82) is 0 Å². The second-order valence-electron chi connectivity index (χ2n) is 4.17. The van der Waals surface area contributed by atoms with Gasteiger partial charge in [-0.1, -0.05) is 0 Å². The monoisotopic (exact) mass is 223 g/mol. The Morgan fingerprint density at radius 1 is 1.75 bits per heavy atom. The second kappa shape index (κ2) is 5.07. The van der Waals surface area contributed by atoms with Gasteiger partial charge in [-0.15, -0.1) is 0 Å². The summed E-state index contributed by atoms with van der Waals surface area (Å²) in [5.74, 6) is 1.22. The highest BCUT2D eigenvalue weighted by Crippen LogP contribution is 2.11. The summed E-state index contributed by atoms with van der Waals surface area (Å²) in [5, 5.41) is 10.2. The molecule has 88 valence electrons. The normalized spacial score (nSPS) is 19.9. The van der Waals surface area contributed by atoms with Crippen LogP contribution in [0.5, 0.6) is 0 Å². The van der Waals surface area contributed by atoms with Gasteiger partial charge in [0.15, 0.2) is 5.82 Å². The Kier molecular flexibility index (Phi) is 3.51. The van der Waals surface area contributed by atoms with Crippen LogP contribution in [-0.4, -0.2) is 33.8 Å². The molecule has 1 amide bonds. The Morgan fingerprint density at radius 3 is 3.25 bits per heavy atom. The lowest BCUT2D eigenvalue weighted by Crippen LogP contribution is -2.26. The molecule has 1 atom stereocenters. The van der Waals surface area contributed by atoms with Crippen molar-refractivity contribution in [2.45, 2.75) is 19.4 Å². The number of rotatable bonds is 4. The molecule has 2 rings (SSSR count). The van der Waals surface area contributed by atoms with E-state index in [1.807, 2.05) is 7.05 Å². The molecule has 6 heteroatoms. The van der Waals surface area contributed by atoms with Gasteiger partial charge in [0, 0.05) is 13.5 Å². The molecule has 0 spiro atoms. The van der Waals surface area contributed by atoms with Gasteiger partial charge in [0.1, 0.15) is 6.33 Å². The molecule has 1 aliphatic heterocycles. The molecule has 2 heterocycles. The molecule has 0 bridgehead atoms. The van der Waals surface area contributed by atoms with E-state index in [0.29, 0.717) is 24.7 Å². The van der Waals surface area contributed by atoms with E-state index in [2.05, 4.69) is 20.7 Å². The van der Waals surface area contributed by atoms with Crippen LogP contribution >= 0.6 is 0 Å². The SMILES string of the molecule is Cn1cnc(CNC(=O)CC2CCNC2)n1. The van der Waals surface area contributed by atoms with Crippen LogP contribution in [0, 0.1) is 5.92 Å². The van der Waals surface area contributed by atoms with Crippen molar-refractivity contribution in [3.05, 3.63) is 12.2 Å². The van der Waals surface area contributed by atoms with Gasteiger partial charge in [-0.2, -0.15) is 5.10 Å². The van der Waals surface area contributed by atoms with Crippen LogP contribution in [-0.2, 0) is 18.4 Å². The van der Waals surface area contributed by atoms with Gasteiger partial charge in [0.25, 0.3) is 0 Å². The van der Waals surface area contributed by atoms with Crippen LogP contribution in [0.2, 0.25) is 0 Å². The second-order valence-corrected chi connectivity index (χ2v) is 4.17. The van der Waals surface area contributed by atoms with Crippen LogP contribution in [0.3, 0.4) is 0 Å². The summed E-state index contributed by atoms with van der Waals surface area (Å²) in [6.45, 7) is 2.40. The van der Waals surface area contributed by atoms with E-state index >= 15 is 0 Å². The van der Waals surface area contributed by atoms with Gasteiger partial charge < -0.3 is 10.6 Å². The number of nitrogens with zero attached hydrogens (tertiary/aromatic N) is 3. The van der Waals surface area contributed by atoms with Crippen molar-refractivity contribution >= 4 is 5.91 Å². The number of nitrogens with one attached hydrogen (secondary N) is 2. The van der Waals surface area contributed by atoms with Crippen molar-refractivity contribution in [2.24, 2.45) is 13.0 Å². The Hall–Kier alpha value is -1.43. The lowest BCUT2D eigenvalue weighted by Gasteiger charge is -2.07. The predicted molar refractivity (Wildman–Crippen MR) is 58.4 cm³/mol. The fraction of sp³-hybridized carbons (Fsp3) is 0.700. The zero-order valence-electron chi connectivity index (χ0n) is 9.44. The average Bonchev–Trinajstić information content (AvgIpc) is 2.87. The minimum absolute atomic E-state index is 0.0844. The molecule has 1 unspecified atom stereocenters. The van der Waals surface area contributed by atoms with Crippen LogP contribution in [0.15, 0.2) is 6.33 Å². The first-order chi connectivity index (χ1) is 7.74. The molecule has 0 aromatic carbocycles. The average molecular weight is 223 g/mol. The van der Waals surface area contributed by atoms with Crippen LogP contribution in [0.1, 0.15) is 18.7 Å². The van der Waals surface area contributed by atoms with Gasteiger partial charge in [-0.05, 0) is 25.4 Å². The predicted octanol–water partition coefficient (Wildman–Crippen LogP) is -0.569. The first-order valence-corrected chi connectivity index (χ1v) is 5.56. The van der Waals surface area contributed by atoms with Crippen molar-refractivity contribution < 1.29 is 4.79 Å². The number of carbonyl (C=O) groups is 1. The summed E-state index contributed by atoms with van der Waals surface area (Å²) in [4.78, 5) is 15.6. The molecule has 0 saturated carbocycles. The Balaban J connectivity index is 1.71. The summed E-state index contributed by atoms with van der Waals surface area (Å²) in [6, 6.07) is 0. The van der Waals surface area contributed by atoms with Crippen molar-refractivity contribution in [3.63, 3.8) is 0 Å². The maximum Gasteiger partial charge on any atom is 0.220 e. The highest BCUT2D eigenvalue weighted by molar-refractivity contribution is 5.76. The molecule has 1 aromatic heterocycles. The number of aryl methyl sites for hydroxylation is 1.